The van der Waals surface area contributed by atoms with Gasteiger partial charge in [-0.3, -0.25) is 14.6 Å². The smallest absolute Gasteiger partial charge is 0.258 e. The predicted molar refractivity (Wildman–Crippen MR) is 111 cm³/mol. The van der Waals surface area contributed by atoms with Crippen LogP contribution in [0.2, 0.25) is 5.02 Å². The molecule has 0 radical (unpaired) electrons. The summed E-state index contributed by atoms with van der Waals surface area (Å²) in [5.41, 5.74) is 1.62. The van der Waals surface area contributed by atoms with Crippen molar-refractivity contribution in [3.8, 4) is 0 Å². The van der Waals surface area contributed by atoms with Crippen molar-refractivity contribution >= 4 is 34.0 Å². The molecular weight excluding hydrogens is 374 g/mol. The van der Waals surface area contributed by atoms with Gasteiger partial charge in [-0.2, -0.15) is 0 Å². The quantitative estimate of drug-likeness (QED) is 0.564. The number of hydrogen-bond acceptors (Lipinski definition) is 3. The predicted octanol–water partition coefficient (Wildman–Crippen LogP) is 4.35. The highest BCUT2D eigenvalue weighted by atomic mass is 35.5. The minimum absolute atomic E-state index is 0.163. The summed E-state index contributed by atoms with van der Waals surface area (Å²) in [7, 11) is 0. The second-order valence-corrected chi connectivity index (χ2v) is 6.74. The summed E-state index contributed by atoms with van der Waals surface area (Å²) in [6, 6.07) is 19.5. The second kappa shape index (κ2) is 7.66. The number of pyridine rings is 2. The van der Waals surface area contributed by atoms with Gasteiger partial charge in [0.05, 0.1) is 17.8 Å². The van der Waals surface area contributed by atoms with Gasteiger partial charge >= 0.3 is 0 Å². The van der Waals surface area contributed by atoms with Crippen LogP contribution >= 0.6 is 11.6 Å². The van der Waals surface area contributed by atoms with E-state index in [1.165, 1.54) is 4.57 Å². The lowest BCUT2D eigenvalue weighted by Gasteiger charge is -2.12. The van der Waals surface area contributed by atoms with E-state index in [0.29, 0.717) is 27.0 Å². The molecule has 0 spiro atoms. The highest BCUT2D eigenvalue weighted by Crippen LogP contribution is 2.19. The highest BCUT2D eigenvalue weighted by molar-refractivity contribution is 6.30. The van der Waals surface area contributed by atoms with Gasteiger partial charge in [-0.25, -0.2) is 0 Å². The molecule has 1 amide bonds. The van der Waals surface area contributed by atoms with Crippen molar-refractivity contribution < 1.29 is 4.79 Å². The number of aromatic nitrogens is 2. The lowest BCUT2D eigenvalue weighted by molar-refractivity contribution is 0.102. The molecule has 1 N–H and O–H groups in total. The Kier molecular flexibility index (Phi) is 4.91. The van der Waals surface area contributed by atoms with Crippen LogP contribution in [0.3, 0.4) is 0 Å². The maximum Gasteiger partial charge on any atom is 0.258 e. The van der Waals surface area contributed by atoms with Crippen LogP contribution in [0, 0.1) is 0 Å². The van der Waals surface area contributed by atoms with Crippen LogP contribution in [0.1, 0.15) is 16.1 Å². The molecule has 0 aliphatic rings. The van der Waals surface area contributed by atoms with E-state index in [4.69, 9.17) is 11.6 Å². The molecule has 2 aromatic heterocycles. The zero-order valence-electron chi connectivity index (χ0n) is 14.8. The Morgan fingerprint density at radius 1 is 0.964 bits per heavy atom. The van der Waals surface area contributed by atoms with Crippen molar-refractivity contribution in [2.75, 3.05) is 5.32 Å². The average molecular weight is 390 g/mol. The first-order valence-electron chi connectivity index (χ1n) is 8.71. The lowest BCUT2D eigenvalue weighted by atomic mass is 10.1. The van der Waals surface area contributed by atoms with Crippen molar-refractivity contribution in [1.29, 1.82) is 0 Å². The fourth-order valence-corrected chi connectivity index (χ4v) is 3.17. The first kappa shape index (κ1) is 17.9. The highest BCUT2D eigenvalue weighted by Gasteiger charge is 2.15. The summed E-state index contributed by atoms with van der Waals surface area (Å²) >= 11 is 5.90. The topological polar surface area (TPSA) is 64.0 Å². The molecule has 4 rings (SSSR count). The molecule has 2 aromatic carbocycles. The van der Waals surface area contributed by atoms with Crippen LogP contribution < -0.4 is 10.9 Å². The van der Waals surface area contributed by atoms with E-state index < -0.39 is 0 Å². The van der Waals surface area contributed by atoms with E-state index in [9.17, 15) is 9.59 Å². The number of benzene rings is 2. The minimum Gasteiger partial charge on any atom is -0.322 e. The lowest BCUT2D eigenvalue weighted by Crippen LogP contribution is -2.24. The Morgan fingerprint density at radius 2 is 1.68 bits per heavy atom. The van der Waals surface area contributed by atoms with Gasteiger partial charge < -0.3 is 9.88 Å². The Bertz CT molecular complexity index is 1200. The molecule has 0 fully saturated rings. The molecule has 0 saturated heterocycles. The van der Waals surface area contributed by atoms with Crippen molar-refractivity contribution in [2.24, 2.45) is 0 Å². The molecule has 0 atom stereocenters. The van der Waals surface area contributed by atoms with Gasteiger partial charge in [-0.1, -0.05) is 35.9 Å². The molecule has 5 nitrogen and oxygen atoms in total. The average Bonchev–Trinajstić information content (AvgIpc) is 2.72. The zero-order chi connectivity index (χ0) is 19.5. The summed E-state index contributed by atoms with van der Waals surface area (Å²) in [5, 5.41) is 4.55. The molecule has 138 valence electrons. The van der Waals surface area contributed by atoms with Gasteiger partial charge in [-0.05, 0) is 42.5 Å². The van der Waals surface area contributed by atoms with E-state index in [1.54, 1.807) is 54.9 Å². The summed E-state index contributed by atoms with van der Waals surface area (Å²) in [4.78, 5) is 30.1. The van der Waals surface area contributed by atoms with Gasteiger partial charge in [0.2, 0.25) is 0 Å². The number of fused-ring (bicyclic) bond motifs is 1. The number of carbonyl (C=O) groups excluding carboxylic acids is 1. The first-order valence-corrected chi connectivity index (χ1v) is 9.08. The SMILES string of the molecule is O=C(Nc1ccc(Cl)cc1)c1cn(Cc2ccccn2)c(=O)c2ccccc12. The molecule has 4 aromatic rings. The Morgan fingerprint density at radius 3 is 2.39 bits per heavy atom. The van der Waals surface area contributed by atoms with Crippen LogP contribution in [0.25, 0.3) is 10.8 Å². The van der Waals surface area contributed by atoms with Crippen LogP contribution in [0.5, 0.6) is 0 Å². The van der Waals surface area contributed by atoms with Crippen molar-refractivity contribution in [2.45, 2.75) is 6.54 Å². The Hall–Kier alpha value is -3.44. The molecule has 28 heavy (non-hydrogen) atoms. The molecular formula is C22H16ClN3O2. The number of rotatable bonds is 4. The van der Waals surface area contributed by atoms with Crippen molar-refractivity contribution in [1.82, 2.24) is 9.55 Å². The summed E-state index contributed by atoms with van der Waals surface area (Å²) in [6.45, 7) is 0.283. The van der Waals surface area contributed by atoms with Gasteiger partial charge in [0.1, 0.15) is 0 Å². The normalized spacial score (nSPS) is 10.8. The van der Waals surface area contributed by atoms with Crippen LogP contribution in [0.15, 0.2) is 83.9 Å². The zero-order valence-corrected chi connectivity index (χ0v) is 15.6. The maximum atomic E-state index is 13.0. The maximum absolute atomic E-state index is 13.0. The molecule has 0 unspecified atom stereocenters. The summed E-state index contributed by atoms with van der Waals surface area (Å²) in [6.07, 6.45) is 3.26. The second-order valence-electron chi connectivity index (χ2n) is 6.30. The van der Waals surface area contributed by atoms with Gasteiger partial charge in [0, 0.05) is 33.9 Å². The van der Waals surface area contributed by atoms with E-state index in [2.05, 4.69) is 10.3 Å². The minimum atomic E-state index is -0.298. The third kappa shape index (κ3) is 3.66. The van der Waals surface area contributed by atoms with E-state index in [-0.39, 0.29) is 18.0 Å². The molecule has 0 saturated carbocycles. The standard InChI is InChI=1S/C22H16ClN3O2/c23-15-8-10-16(11-9-15)25-21(27)20-14-26(13-17-5-3-4-12-24-17)22(28)19-7-2-1-6-18(19)20/h1-12,14H,13H2,(H,25,27). The Labute approximate surface area is 166 Å². The van der Waals surface area contributed by atoms with Crippen molar-refractivity contribution in [3.05, 3.63) is 106 Å². The number of anilines is 1. The van der Waals surface area contributed by atoms with Crippen LogP contribution in [-0.2, 0) is 6.54 Å². The van der Waals surface area contributed by atoms with Crippen LogP contribution in [0.4, 0.5) is 5.69 Å². The van der Waals surface area contributed by atoms with E-state index >= 15 is 0 Å². The number of nitrogens with one attached hydrogen (secondary N) is 1. The largest absolute Gasteiger partial charge is 0.322 e. The number of hydrogen-bond donors (Lipinski definition) is 1. The Balaban J connectivity index is 1.78. The van der Waals surface area contributed by atoms with Crippen molar-refractivity contribution in [3.63, 3.8) is 0 Å². The fraction of sp³-hybridized carbons (Fsp3) is 0.0455. The van der Waals surface area contributed by atoms with Gasteiger partial charge in [-0.15, -0.1) is 0 Å². The van der Waals surface area contributed by atoms with Gasteiger partial charge in [0.25, 0.3) is 11.5 Å². The number of nitrogens with zero attached hydrogens (tertiary/aromatic N) is 2. The number of amides is 1. The third-order valence-electron chi connectivity index (χ3n) is 4.40. The fourth-order valence-electron chi connectivity index (χ4n) is 3.04. The number of halogens is 1. The number of carbonyl (C=O) groups is 1. The molecule has 0 aliphatic heterocycles. The summed E-state index contributed by atoms with van der Waals surface area (Å²) < 4.78 is 1.52. The van der Waals surface area contributed by atoms with Crippen LogP contribution in [-0.4, -0.2) is 15.5 Å². The molecule has 0 aliphatic carbocycles. The van der Waals surface area contributed by atoms with E-state index in [0.717, 1.165) is 5.69 Å². The summed E-state index contributed by atoms with van der Waals surface area (Å²) in [5.74, 6) is -0.298. The molecule has 0 bridgehead atoms. The monoisotopic (exact) mass is 389 g/mol. The molecule has 2 heterocycles. The molecule has 6 heteroatoms. The first-order chi connectivity index (χ1) is 13.6. The third-order valence-corrected chi connectivity index (χ3v) is 4.65. The van der Waals surface area contributed by atoms with E-state index in [1.807, 2.05) is 24.3 Å². The van der Waals surface area contributed by atoms with Gasteiger partial charge in [0.15, 0.2) is 0 Å².